The molecular weight excluding hydrogens is 294 g/mol. The highest BCUT2D eigenvalue weighted by atomic mass is 32.2. The first-order valence-corrected chi connectivity index (χ1v) is 9.52. The molecule has 5 heteroatoms. The molecule has 3 heterocycles. The number of hydrogen-bond acceptors (Lipinski definition) is 3. The van der Waals surface area contributed by atoms with Crippen molar-refractivity contribution in [2.75, 3.05) is 24.6 Å². The zero-order chi connectivity index (χ0) is 15.2. The number of amides is 2. The Hall–Kier alpha value is -1.23. The third-order valence-electron chi connectivity index (χ3n) is 4.67. The minimum atomic E-state index is 0.112. The first kappa shape index (κ1) is 15.7. The van der Waals surface area contributed by atoms with Crippen molar-refractivity contribution in [3.8, 4) is 0 Å². The summed E-state index contributed by atoms with van der Waals surface area (Å²) in [4.78, 5) is 18.8. The maximum absolute atomic E-state index is 12.7. The molecule has 0 radical (unpaired) electrons. The first-order valence-electron chi connectivity index (χ1n) is 8.37. The summed E-state index contributed by atoms with van der Waals surface area (Å²) in [5.74, 6) is 3.08. The zero-order valence-corrected chi connectivity index (χ0v) is 13.9. The van der Waals surface area contributed by atoms with E-state index in [2.05, 4.69) is 10.3 Å². The van der Waals surface area contributed by atoms with Crippen LogP contribution in [0.2, 0.25) is 0 Å². The highest BCUT2D eigenvalue weighted by Crippen LogP contribution is 2.30. The fourth-order valence-electron chi connectivity index (χ4n) is 3.36. The van der Waals surface area contributed by atoms with Crippen LogP contribution in [0.1, 0.15) is 43.7 Å². The van der Waals surface area contributed by atoms with Crippen LogP contribution in [0.3, 0.4) is 0 Å². The maximum Gasteiger partial charge on any atom is 0.317 e. The van der Waals surface area contributed by atoms with Crippen molar-refractivity contribution in [1.29, 1.82) is 0 Å². The summed E-state index contributed by atoms with van der Waals surface area (Å²) in [6.45, 7) is 1.68. The number of carbonyl (C=O) groups excluding carboxylic acids is 1. The Balaban J connectivity index is 1.65. The van der Waals surface area contributed by atoms with Gasteiger partial charge in [0, 0.05) is 25.5 Å². The van der Waals surface area contributed by atoms with Gasteiger partial charge in [0.2, 0.25) is 0 Å². The zero-order valence-electron chi connectivity index (χ0n) is 13.0. The molecule has 0 bridgehead atoms. The molecule has 0 aromatic carbocycles. The van der Waals surface area contributed by atoms with Gasteiger partial charge >= 0.3 is 6.03 Å². The Kier molecular flexibility index (Phi) is 5.59. The van der Waals surface area contributed by atoms with Crippen LogP contribution in [-0.4, -0.2) is 40.5 Å². The van der Waals surface area contributed by atoms with Gasteiger partial charge in [0.15, 0.2) is 0 Å². The van der Waals surface area contributed by atoms with Crippen molar-refractivity contribution in [3.63, 3.8) is 0 Å². The van der Waals surface area contributed by atoms with Crippen molar-refractivity contribution < 1.29 is 4.79 Å². The van der Waals surface area contributed by atoms with Gasteiger partial charge in [-0.3, -0.25) is 4.98 Å². The molecule has 2 amide bonds. The smallest absolute Gasteiger partial charge is 0.317 e. The van der Waals surface area contributed by atoms with Gasteiger partial charge in [0.25, 0.3) is 0 Å². The standard InChI is InChI=1S/C17H25N3OS/c21-17(19-12-14-7-11-22-13-14)20-10-3-1-2-4-16(20)15-5-8-18-9-6-15/h5-6,8-9,14,16H,1-4,7,10-13H2,(H,19,21)/t14-,16-/m1/s1. The number of urea groups is 1. The molecular formula is C17H25N3OS. The number of hydrogen-bond donors (Lipinski definition) is 1. The molecule has 2 atom stereocenters. The van der Waals surface area contributed by atoms with E-state index in [1.807, 2.05) is 41.2 Å². The molecule has 22 heavy (non-hydrogen) atoms. The van der Waals surface area contributed by atoms with Gasteiger partial charge < -0.3 is 10.2 Å². The monoisotopic (exact) mass is 319 g/mol. The normalized spacial score (nSPS) is 25.7. The van der Waals surface area contributed by atoms with Crippen LogP contribution in [-0.2, 0) is 0 Å². The predicted molar refractivity (Wildman–Crippen MR) is 91.0 cm³/mol. The van der Waals surface area contributed by atoms with Gasteiger partial charge in [-0.2, -0.15) is 11.8 Å². The summed E-state index contributed by atoms with van der Waals surface area (Å²) in [7, 11) is 0. The number of carbonyl (C=O) groups is 1. The third-order valence-corrected chi connectivity index (χ3v) is 5.90. The van der Waals surface area contributed by atoms with Gasteiger partial charge in [-0.1, -0.05) is 12.8 Å². The molecule has 0 unspecified atom stereocenters. The Morgan fingerprint density at radius 1 is 1.27 bits per heavy atom. The summed E-state index contributed by atoms with van der Waals surface area (Å²) in [5, 5.41) is 3.18. The fourth-order valence-corrected chi connectivity index (χ4v) is 4.65. The molecule has 0 saturated carbocycles. The predicted octanol–water partition coefficient (Wildman–Crippen LogP) is 3.46. The van der Waals surface area contributed by atoms with Gasteiger partial charge in [-0.15, -0.1) is 0 Å². The second kappa shape index (κ2) is 7.86. The Morgan fingerprint density at radius 2 is 2.14 bits per heavy atom. The summed E-state index contributed by atoms with van der Waals surface area (Å²) in [6.07, 6.45) is 9.45. The van der Waals surface area contributed by atoms with Crippen molar-refractivity contribution >= 4 is 17.8 Å². The molecule has 120 valence electrons. The van der Waals surface area contributed by atoms with E-state index in [1.165, 1.54) is 36.3 Å². The molecule has 4 nitrogen and oxygen atoms in total. The largest absolute Gasteiger partial charge is 0.338 e. The number of likely N-dealkylation sites (tertiary alicyclic amines) is 1. The number of thioether (sulfide) groups is 1. The molecule has 3 rings (SSSR count). The molecule has 2 fully saturated rings. The van der Waals surface area contributed by atoms with Crippen molar-refractivity contribution in [2.24, 2.45) is 5.92 Å². The average Bonchev–Trinajstić information content (AvgIpc) is 2.96. The lowest BCUT2D eigenvalue weighted by molar-refractivity contribution is 0.174. The van der Waals surface area contributed by atoms with E-state index >= 15 is 0 Å². The topological polar surface area (TPSA) is 45.2 Å². The summed E-state index contributed by atoms with van der Waals surface area (Å²) in [6, 6.07) is 4.40. The van der Waals surface area contributed by atoms with E-state index in [9.17, 15) is 4.79 Å². The van der Waals surface area contributed by atoms with E-state index in [1.54, 1.807) is 0 Å². The Bertz CT molecular complexity index is 476. The van der Waals surface area contributed by atoms with Crippen LogP contribution in [0.5, 0.6) is 0 Å². The molecule has 2 aliphatic heterocycles. The lowest BCUT2D eigenvalue weighted by atomic mass is 10.0. The quantitative estimate of drug-likeness (QED) is 0.928. The van der Waals surface area contributed by atoms with E-state index in [0.717, 1.165) is 25.9 Å². The minimum Gasteiger partial charge on any atom is -0.338 e. The SMILES string of the molecule is O=C(NC[C@H]1CCSC1)N1CCCCC[C@@H]1c1ccncc1. The Labute approximate surface area is 137 Å². The second-order valence-electron chi connectivity index (χ2n) is 6.25. The van der Waals surface area contributed by atoms with E-state index in [-0.39, 0.29) is 12.1 Å². The third kappa shape index (κ3) is 3.94. The second-order valence-corrected chi connectivity index (χ2v) is 7.40. The van der Waals surface area contributed by atoms with Crippen LogP contribution in [0.25, 0.3) is 0 Å². The van der Waals surface area contributed by atoms with Crippen molar-refractivity contribution in [2.45, 2.75) is 38.1 Å². The maximum atomic E-state index is 12.7. The number of pyridine rings is 1. The first-order chi connectivity index (χ1) is 10.8. The average molecular weight is 319 g/mol. The van der Waals surface area contributed by atoms with Crippen LogP contribution in [0.15, 0.2) is 24.5 Å². The van der Waals surface area contributed by atoms with Crippen LogP contribution in [0, 0.1) is 5.92 Å². The molecule has 0 spiro atoms. The van der Waals surface area contributed by atoms with Gasteiger partial charge in [0.05, 0.1) is 6.04 Å². The molecule has 2 saturated heterocycles. The van der Waals surface area contributed by atoms with Crippen LogP contribution in [0.4, 0.5) is 4.79 Å². The molecule has 0 aliphatic carbocycles. The van der Waals surface area contributed by atoms with Crippen molar-refractivity contribution in [1.82, 2.24) is 15.2 Å². The van der Waals surface area contributed by atoms with Crippen molar-refractivity contribution in [3.05, 3.63) is 30.1 Å². The lowest BCUT2D eigenvalue weighted by Crippen LogP contribution is -2.43. The van der Waals surface area contributed by atoms with Crippen LogP contribution >= 0.6 is 11.8 Å². The fraction of sp³-hybridized carbons (Fsp3) is 0.647. The molecule has 1 aromatic rings. The van der Waals surface area contributed by atoms with E-state index in [4.69, 9.17) is 0 Å². The molecule has 1 aromatic heterocycles. The Morgan fingerprint density at radius 3 is 2.91 bits per heavy atom. The van der Waals surface area contributed by atoms with E-state index < -0.39 is 0 Å². The number of nitrogens with zero attached hydrogens (tertiary/aromatic N) is 2. The molecule has 2 aliphatic rings. The highest BCUT2D eigenvalue weighted by molar-refractivity contribution is 7.99. The van der Waals surface area contributed by atoms with E-state index in [0.29, 0.717) is 5.92 Å². The number of rotatable bonds is 3. The molecule has 1 N–H and O–H groups in total. The summed E-state index contributed by atoms with van der Waals surface area (Å²) in [5.41, 5.74) is 1.21. The van der Waals surface area contributed by atoms with Gasteiger partial charge in [0.1, 0.15) is 0 Å². The van der Waals surface area contributed by atoms with Crippen LogP contribution < -0.4 is 5.32 Å². The summed E-state index contributed by atoms with van der Waals surface area (Å²) < 4.78 is 0. The van der Waals surface area contributed by atoms with Gasteiger partial charge in [-0.25, -0.2) is 4.79 Å². The lowest BCUT2D eigenvalue weighted by Gasteiger charge is -2.31. The minimum absolute atomic E-state index is 0.112. The highest BCUT2D eigenvalue weighted by Gasteiger charge is 2.27. The number of aromatic nitrogens is 1. The number of nitrogens with one attached hydrogen (secondary N) is 1. The van der Waals surface area contributed by atoms with Gasteiger partial charge in [-0.05, 0) is 54.4 Å². The summed E-state index contributed by atoms with van der Waals surface area (Å²) >= 11 is 2.00.